The van der Waals surface area contributed by atoms with Gasteiger partial charge in [0, 0.05) is 37.3 Å². The number of pyridine rings is 1. The molecule has 1 amide bonds. The van der Waals surface area contributed by atoms with Gasteiger partial charge in [-0.05, 0) is 83.5 Å². The number of methoxy groups -OCH3 is 1. The van der Waals surface area contributed by atoms with Crippen LogP contribution in [0.2, 0.25) is 0 Å². The zero-order valence-electron chi connectivity index (χ0n) is 20.2. The maximum atomic E-state index is 13.0. The first kappa shape index (κ1) is 22.8. The summed E-state index contributed by atoms with van der Waals surface area (Å²) < 4.78 is 7.85. The van der Waals surface area contributed by atoms with Gasteiger partial charge in [-0.15, -0.1) is 0 Å². The van der Waals surface area contributed by atoms with Gasteiger partial charge in [0.1, 0.15) is 11.9 Å². The van der Waals surface area contributed by atoms with E-state index in [9.17, 15) is 4.79 Å². The quantitative estimate of drug-likeness (QED) is 0.445. The number of anilines is 1. The van der Waals surface area contributed by atoms with E-state index in [2.05, 4.69) is 33.6 Å². The summed E-state index contributed by atoms with van der Waals surface area (Å²) in [6, 6.07) is 16.1. The summed E-state index contributed by atoms with van der Waals surface area (Å²) in [6.45, 7) is 5.01. The minimum Gasteiger partial charge on any atom is -0.384 e. The lowest BCUT2D eigenvalue weighted by Gasteiger charge is -2.28. The van der Waals surface area contributed by atoms with E-state index in [0.29, 0.717) is 24.5 Å². The Morgan fingerprint density at radius 1 is 1.14 bits per heavy atom. The number of aromatic nitrogens is 3. The van der Waals surface area contributed by atoms with Gasteiger partial charge in [-0.2, -0.15) is 5.10 Å². The van der Waals surface area contributed by atoms with Crippen LogP contribution in [0.1, 0.15) is 61.1 Å². The van der Waals surface area contributed by atoms with Crippen LogP contribution in [0.5, 0.6) is 0 Å². The van der Waals surface area contributed by atoms with Crippen LogP contribution >= 0.6 is 0 Å². The summed E-state index contributed by atoms with van der Waals surface area (Å²) in [5.74, 6) is 0.379. The van der Waals surface area contributed by atoms with Crippen LogP contribution < -0.4 is 11.1 Å². The van der Waals surface area contributed by atoms with Gasteiger partial charge in [0.05, 0.1) is 6.54 Å². The molecule has 7 nitrogen and oxygen atoms in total. The number of carbonyl (C=O) groups is 1. The summed E-state index contributed by atoms with van der Waals surface area (Å²) in [5, 5.41) is 7.35. The fourth-order valence-corrected chi connectivity index (χ4v) is 4.94. The molecule has 0 radical (unpaired) electrons. The number of hydrogen-bond acceptors (Lipinski definition) is 5. The number of fused-ring (bicyclic) bond motifs is 2. The molecule has 1 atom stereocenters. The van der Waals surface area contributed by atoms with Crippen molar-refractivity contribution in [2.45, 2.75) is 39.5 Å². The molecule has 0 saturated carbocycles. The number of aryl methyl sites for hydroxylation is 2. The molecule has 4 aromatic rings. The van der Waals surface area contributed by atoms with Gasteiger partial charge in [-0.3, -0.25) is 9.48 Å². The van der Waals surface area contributed by atoms with Crippen LogP contribution in [0.15, 0.2) is 60.9 Å². The number of hydrogen-bond donors (Lipinski definition) is 2. The van der Waals surface area contributed by atoms with E-state index in [4.69, 9.17) is 10.5 Å². The molecule has 3 N–H and O–H groups in total. The second kappa shape index (κ2) is 9.35. The number of carbonyl (C=O) groups excluding carboxylic acids is 1. The SMILES string of the molecule is COC1c2ccc(C(=O)NCc3c(C)cc(N)nc3C)cc2Cc2ccc(Cn3cccn3)cc21. The number of nitrogen functional groups attached to an aromatic ring is 1. The van der Waals surface area contributed by atoms with Gasteiger partial charge < -0.3 is 15.8 Å². The topological polar surface area (TPSA) is 95.1 Å². The normalized spacial score (nSPS) is 14.3. The van der Waals surface area contributed by atoms with E-state index in [1.165, 1.54) is 16.7 Å². The van der Waals surface area contributed by atoms with Gasteiger partial charge in [0.25, 0.3) is 5.91 Å². The third-order valence-electron chi connectivity index (χ3n) is 6.70. The van der Waals surface area contributed by atoms with Crippen molar-refractivity contribution in [3.05, 3.63) is 111 Å². The number of nitrogens with one attached hydrogen (secondary N) is 1. The predicted molar refractivity (Wildman–Crippen MR) is 135 cm³/mol. The molecule has 178 valence electrons. The highest BCUT2D eigenvalue weighted by Crippen LogP contribution is 2.38. The van der Waals surface area contributed by atoms with E-state index >= 15 is 0 Å². The second-order valence-electron chi connectivity index (χ2n) is 9.05. The van der Waals surface area contributed by atoms with E-state index in [1.807, 2.05) is 55.1 Å². The highest BCUT2D eigenvalue weighted by molar-refractivity contribution is 5.94. The first-order valence-corrected chi connectivity index (χ1v) is 11.7. The van der Waals surface area contributed by atoms with Crippen LogP contribution in [0.3, 0.4) is 0 Å². The van der Waals surface area contributed by atoms with Crippen LogP contribution in [0.4, 0.5) is 5.82 Å². The monoisotopic (exact) mass is 467 g/mol. The summed E-state index contributed by atoms with van der Waals surface area (Å²) >= 11 is 0. The number of benzene rings is 2. The lowest BCUT2D eigenvalue weighted by atomic mass is 9.82. The summed E-state index contributed by atoms with van der Waals surface area (Å²) in [7, 11) is 1.73. The second-order valence-corrected chi connectivity index (χ2v) is 9.05. The number of nitrogens with two attached hydrogens (primary N) is 1. The minimum atomic E-state index is -0.172. The smallest absolute Gasteiger partial charge is 0.251 e. The summed E-state index contributed by atoms with van der Waals surface area (Å²) in [6.07, 6.45) is 4.33. The Morgan fingerprint density at radius 2 is 2.00 bits per heavy atom. The van der Waals surface area contributed by atoms with E-state index < -0.39 is 0 Å². The van der Waals surface area contributed by atoms with Crippen molar-refractivity contribution in [1.82, 2.24) is 20.1 Å². The Labute approximate surface area is 205 Å². The third kappa shape index (κ3) is 4.55. The molecule has 5 rings (SSSR count). The number of rotatable bonds is 6. The van der Waals surface area contributed by atoms with Crippen LogP contribution in [0.25, 0.3) is 0 Å². The van der Waals surface area contributed by atoms with Crippen LogP contribution in [0, 0.1) is 13.8 Å². The highest BCUT2D eigenvalue weighted by atomic mass is 16.5. The molecule has 1 aliphatic rings. The number of amides is 1. The molecule has 1 unspecified atom stereocenters. The van der Waals surface area contributed by atoms with Crippen molar-refractivity contribution >= 4 is 11.7 Å². The molecule has 0 fully saturated rings. The molecule has 7 heteroatoms. The van der Waals surface area contributed by atoms with Crippen molar-refractivity contribution in [2.24, 2.45) is 0 Å². The van der Waals surface area contributed by atoms with Gasteiger partial charge in [0.2, 0.25) is 0 Å². The van der Waals surface area contributed by atoms with Crippen molar-refractivity contribution in [1.29, 1.82) is 0 Å². The number of nitrogens with zero attached hydrogens (tertiary/aromatic N) is 3. The molecule has 2 aromatic heterocycles. The predicted octanol–water partition coefficient (Wildman–Crippen LogP) is 4.10. The van der Waals surface area contributed by atoms with E-state index in [1.54, 1.807) is 13.3 Å². The molecule has 2 aromatic carbocycles. The Bertz CT molecular complexity index is 1370. The lowest BCUT2D eigenvalue weighted by Crippen LogP contribution is -2.25. The zero-order valence-corrected chi connectivity index (χ0v) is 20.2. The molecule has 2 heterocycles. The van der Waals surface area contributed by atoms with Crippen molar-refractivity contribution in [3.63, 3.8) is 0 Å². The van der Waals surface area contributed by atoms with Gasteiger partial charge >= 0.3 is 0 Å². The molecular weight excluding hydrogens is 438 g/mol. The Balaban J connectivity index is 1.36. The molecule has 0 bridgehead atoms. The minimum absolute atomic E-state index is 0.113. The lowest BCUT2D eigenvalue weighted by molar-refractivity contribution is 0.0950. The van der Waals surface area contributed by atoms with Gasteiger partial charge in [0.15, 0.2) is 0 Å². The average molecular weight is 468 g/mol. The zero-order chi connectivity index (χ0) is 24.5. The summed E-state index contributed by atoms with van der Waals surface area (Å²) in [5.41, 5.74) is 15.1. The van der Waals surface area contributed by atoms with Crippen molar-refractivity contribution in [2.75, 3.05) is 12.8 Å². The molecule has 0 aliphatic heterocycles. The standard InChI is InChI=1S/C28H29N5O2/c1-17-11-26(29)32-18(2)25(17)15-30-28(34)21-7-8-23-22(14-21)13-20-6-5-19(12-24(20)27(23)35-3)16-33-10-4-9-31-33/h4-12,14,27H,13,15-16H2,1-3H3,(H2,29,32)(H,30,34). The van der Waals surface area contributed by atoms with Crippen LogP contribution in [-0.4, -0.2) is 27.8 Å². The van der Waals surface area contributed by atoms with E-state index in [-0.39, 0.29) is 12.0 Å². The fraction of sp³-hybridized carbons (Fsp3) is 0.250. The Kier molecular flexibility index (Phi) is 6.09. The maximum absolute atomic E-state index is 13.0. The van der Waals surface area contributed by atoms with E-state index in [0.717, 1.165) is 34.4 Å². The Hall–Kier alpha value is -3.97. The molecule has 0 spiro atoms. The van der Waals surface area contributed by atoms with Crippen molar-refractivity contribution < 1.29 is 9.53 Å². The van der Waals surface area contributed by atoms with Gasteiger partial charge in [-0.1, -0.05) is 24.3 Å². The molecule has 35 heavy (non-hydrogen) atoms. The fourth-order valence-electron chi connectivity index (χ4n) is 4.94. The maximum Gasteiger partial charge on any atom is 0.251 e. The molecular formula is C28H29N5O2. The summed E-state index contributed by atoms with van der Waals surface area (Å²) in [4.78, 5) is 17.3. The molecule has 1 aliphatic carbocycles. The van der Waals surface area contributed by atoms with Gasteiger partial charge in [-0.25, -0.2) is 4.98 Å². The molecule has 0 saturated heterocycles. The average Bonchev–Trinajstić information content (AvgIpc) is 3.34. The first-order valence-electron chi connectivity index (χ1n) is 11.7. The Morgan fingerprint density at radius 3 is 2.74 bits per heavy atom. The van der Waals surface area contributed by atoms with Crippen molar-refractivity contribution in [3.8, 4) is 0 Å². The largest absolute Gasteiger partial charge is 0.384 e. The highest BCUT2D eigenvalue weighted by Gasteiger charge is 2.26. The van der Waals surface area contributed by atoms with Crippen LogP contribution in [-0.2, 0) is 24.2 Å². The number of ether oxygens (including phenoxy) is 1. The third-order valence-corrected chi connectivity index (χ3v) is 6.70. The first-order chi connectivity index (χ1) is 16.9.